The SMILES string of the molecule is CCOC(=O)C(C(=O)c1ccc(OC)cc1)C(C[N+](=O)[O-])c1ccc2c(c1)OCO2.CCOC(=O)C1=C(c2ccc(OC)cc2)NCC1c1ccc2c(c1)OCO2.CCOC(=O)C1C(c2ccc3c(c2)OCO3)CNC1c1ccc(OC)cc1.CCOC(=O)CC(=O)c1ccc(OC)cc1.O=[N+]([O-])/C=C/c1ccc2c(c1)OCO2.[2H][B].[B].[C-]#N.[HH].[Na+].[U]. The quantitative estimate of drug-likeness (QED) is 0.00747. The van der Waals surface area contributed by atoms with E-state index in [2.05, 4.69) is 19.0 Å². The molecule has 1 saturated heterocycles. The van der Waals surface area contributed by atoms with E-state index in [0.29, 0.717) is 88.8 Å². The minimum Gasteiger partial charge on any atom is -0.512 e. The van der Waals surface area contributed by atoms with Crippen LogP contribution in [0.1, 0.15) is 113 Å². The summed E-state index contributed by atoms with van der Waals surface area (Å²) >= 11 is 0. The Morgan fingerprint density at radius 2 is 1.00 bits per heavy atom. The number of rotatable bonds is 26. The number of esters is 4. The number of fused-ring (bicyclic) bond motifs is 4. The van der Waals surface area contributed by atoms with Crippen molar-refractivity contribution in [3.05, 3.63) is 253 Å². The van der Waals surface area contributed by atoms with Gasteiger partial charge in [0.05, 0.1) is 82.9 Å². The molecule has 8 aromatic carbocycles. The summed E-state index contributed by atoms with van der Waals surface area (Å²) in [7, 11) is 10.1. The molecule has 0 spiro atoms. The first-order valence-electron chi connectivity index (χ1n) is 37.1. The number of Topliss-reactive ketones (excluding diaryl/α,β-unsaturated/α-hetero) is 2. The first kappa shape index (κ1) is 97.1. The Morgan fingerprint density at radius 1 is 0.558 bits per heavy atom. The molecule has 0 amide bonds. The van der Waals surface area contributed by atoms with Gasteiger partial charge in [-0.25, -0.2) is 4.79 Å². The van der Waals surface area contributed by atoms with Gasteiger partial charge in [-0.1, -0.05) is 36.4 Å². The van der Waals surface area contributed by atoms with Crippen LogP contribution < -0.4 is 97.0 Å². The predicted octanol–water partition coefficient (Wildman–Crippen LogP) is 8.77. The molecule has 6 aliphatic heterocycles. The van der Waals surface area contributed by atoms with Crippen LogP contribution in [-0.2, 0) is 38.1 Å². The Bertz CT molecular complexity index is 4870. The topological polar surface area (TPSA) is 384 Å². The normalized spacial score (nSPS) is 15.6. The molecule has 5 radical (unpaired) electrons. The fourth-order valence-electron chi connectivity index (χ4n) is 13.1. The molecule has 6 atom stereocenters. The van der Waals surface area contributed by atoms with Crippen molar-refractivity contribution < 1.29 is 177 Å². The molecule has 1 fully saturated rings. The molecule has 6 heterocycles. The van der Waals surface area contributed by atoms with Gasteiger partial charge in [0.25, 0.3) is 0 Å². The Hall–Kier alpha value is -11.7. The number of carbonyl (C=O) groups excluding carboxylic acids is 6. The molecule has 0 bridgehead atoms. The fourth-order valence-corrected chi connectivity index (χ4v) is 13.1. The molecular weight excluding hydrogens is 1790 g/mol. The summed E-state index contributed by atoms with van der Waals surface area (Å²) in [5.74, 6) is 2.31. The second-order valence-electron chi connectivity index (χ2n) is 25.3. The zero-order chi connectivity index (χ0) is 85.2. The van der Waals surface area contributed by atoms with Gasteiger partial charge in [-0.2, -0.15) is 0 Å². The molecule has 6 unspecified atom stereocenters. The van der Waals surface area contributed by atoms with Crippen molar-refractivity contribution in [3.63, 3.8) is 0 Å². The van der Waals surface area contributed by atoms with Crippen LogP contribution in [0.3, 0.4) is 0 Å². The van der Waals surface area contributed by atoms with Gasteiger partial charge >= 0.3 is 53.4 Å². The van der Waals surface area contributed by atoms with Crippen molar-refractivity contribution in [2.45, 2.75) is 57.9 Å². The molecule has 35 heteroatoms. The van der Waals surface area contributed by atoms with E-state index in [4.69, 9.17) is 89.0 Å². The monoisotopic (exact) mass is 1880 g/mol. The number of ketones is 2. The summed E-state index contributed by atoms with van der Waals surface area (Å²) in [4.78, 5) is 94.7. The summed E-state index contributed by atoms with van der Waals surface area (Å²) in [6.07, 6.45) is 2.07. The third-order valence-corrected chi connectivity index (χ3v) is 18.6. The zero-order valence-corrected chi connectivity index (χ0v) is 73.5. The van der Waals surface area contributed by atoms with Crippen LogP contribution in [0.15, 0.2) is 182 Å². The Balaban J connectivity index is 0.000000321. The van der Waals surface area contributed by atoms with Crippen LogP contribution in [0.5, 0.6) is 69.0 Å². The molecule has 8 aromatic rings. The largest absolute Gasteiger partial charge is 1.00 e. The smallest absolute Gasteiger partial charge is 0.512 e. The molecule has 0 aliphatic carbocycles. The summed E-state index contributed by atoms with van der Waals surface area (Å²) in [5, 5.41) is 34.6. The third kappa shape index (κ3) is 26.4. The predicted molar refractivity (Wildman–Crippen MR) is 431 cm³/mol. The first-order valence-corrected chi connectivity index (χ1v) is 36.5. The van der Waals surface area contributed by atoms with Gasteiger partial charge in [0.2, 0.25) is 39.9 Å². The van der Waals surface area contributed by atoms with Crippen LogP contribution in [0, 0.1) is 75.0 Å². The Labute approximate surface area is 745 Å². The van der Waals surface area contributed by atoms with Crippen LogP contribution >= 0.6 is 0 Å². The number of carbonyl (C=O) groups is 6. The van der Waals surface area contributed by atoms with Gasteiger partial charge in [-0.15, -0.1) is 0 Å². The van der Waals surface area contributed by atoms with E-state index in [0.717, 1.165) is 62.9 Å². The number of methoxy groups -OCH3 is 4. The number of hydrogen-bond acceptors (Lipinski definition) is 29. The summed E-state index contributed by atoms with van der Waals surface area (Å²) in [6, 6.07) is 49.7. The maximum atomic E-state index is 13.3. The second kappa shape index (κ2) is 49.6. The maximum absolute atomic E-state index is 13.3. The van der Waals surface area contributed by atoms with E-state index >= 15 is 0 Å². The van der Waals surface area contributed by atoms with E-state index in [1.807, 2.05) is 98.8 Å². The molecule has 621 valence electrons. The van der Waals surface area contributed by atoms with Crippen molar-refractivity contribution in [1.29, 1.82) is 6.60 Å². The van der Waals surface area contributed by atoms with Gasteiger partial charge in [-0.05, 0) is 196 Å². The number of nitrogens with one attached hydrogen (secondary N) is 2. The molecular formula is C85H89B2N5NaO26U. The van der Waals surface area contributed by atoms with Crippen molar-refractivity contribution in [2.75, 3.05) is 102 Å². The average Bonchev–Trinajstić information content (AvgIpc) is 1.59. The maximum Gasteiger partial charge on any atom is 1.00 e. The van der Waals surface area contributed by atoms with E-state index in [-0.39, 0.29) is 164 Å². The number of hydrogen-bond donors (Lipinski definition) is 2. The number of nitro groups is 2. The number of ether oxygens (including phenoxy) is 16. The van der Waals surface area contributed by atoms with E-state index in [1.54, 1.807) is 108 Å². The van der Waals surface area contributed by atoms with Crippen LogP contribution in [0.2, 0.25) is 0 Å². The van der Waals surface area contributed by atoms with E-state index < -0.39 is 45.9 Å². The third-order valence-electron chi connectivity index (χ3n) is 18.6. The van der Waals surface area contributed by atoms with Crippen LogP contribution in [0.4, 0.5) is 0 Å². The molecule has 2 N–H and O–H groups in total. The molecule has 0 aromatic heterocycles. The van der Waals surface area contributed by atoms with Crippen LogP contribution in [-0.4, -0.2) is 165 Å². The van der Waals surface area contributed by atoms with Crippen molar-refractivity contribution in [2.24, 2.45) is 11.8 Å². The molecule has 0 saturated carbocycles. The summed E-state index contributed by atoms with van der Waals surface area (Å²) in [5.41, 5.74) is 7.23. The summed E-state index contributed by atoms with van der Waals surface area (Å²) < 4.78 is 88.9. The Morgan fingerprint density at radius 3 is 1.50 bits per heavy atom. The van der Waals surface area contributed by atoms with Crippen LogP contribution in [0.25, 0.3) is 11.8 Å². The molecule has 6 aliphatic rings. The van der Waals surface area contributed by atoms with Gasteiger partial charge in [0, 0.05) is 102 Å². The van der Waals surface area contributed by atoms with E-state index in [9.17, 15) is 49.0 Å². The zero-order valence-electron chi connectivity index (χ0n) is 68.4. The molecule has 31 nitrogen and oxygen atoms in total. The van der Waals surface area contributed by atoms with Crippen molar-refractivity contribution in [1.82, 2.24) is 10.6 Å². The average molecular weight is 1880 g/mol. The van der Waals surface area contributed by atoms with Crippen molar-refractivity contribution >= 4 is 64.0 Å². The molecule has 14 rings (SSSR count). The van der Waals surface area contributed by atoms with Gasteiger partial charge in [0.1, 0.15) is 35.3 Å². The fraction of sp³-hybridized carbons (Fsp3) is 0.306. The molecule has 120 heavy (non-hydrogen) atoms. The van der Waals surface area contributed by atoms with E-state index in [1.165, 1.54) is 25.3 Å². The number of nitrogens with zero attached hydrogens (tertiary/aromatic N) is 3. The van der Waals surface area contributed by atoms with Crippen molar-refractivity contribution in [3.8, 4) is 69.0 Å². The first-order chi connectivity index (χ1) is 57.3. The van der Waals surface area contributed by atoms with Gasteiger partial charge < -0.3 is 98.3 Å². The summed E-state index contributed by atoms with van der Waals surface area (Å²) in [6.45, 7) is 14.1. The Kier molecular flexibility index (Phi) is 40.2. The minimum absolute atomic E-state index is 0. The minimum atomic E-state index is -1.40. The van der Waals surface area contributed by atoms with Gasteiger partial charge in [-0.3, -0.25) is 44.2 Å². The van der Waals surface area contributed by atoms with Gasteiger partial charge in [0.15, 0.2) is 57.6 Å². The standard InChI is InChI=1S/C21H21NO8.C21H23NO5.C21H21NO5.C12H14O4.C9H7NO4.CN.BH.B.Na.U.H2/c1-3-28-21(24)19(20(23)13-4-7-15(27-2)8-5-13)16(11-22(25)26)14-6-9-17-18(10-14)30-12-29-17;2*1-3-25-21(23)19-16(14-6-9-17-18(10-14)27-12-26-17)11-22-20(19)13-4-7-15(24-2)8-5-13;1-3-16-12(14)8-11(13)9-4-6-10(15-2)7-5-9;11-10(12)4-3-7-1-2-8-9(5-7)14-6-13-8;1-2;;;;;/h4-10,16,19H,3,11-12H2,1-2H3;4-10,16,19-20,22H,3,11-12H2,1-2H3;4-10,16,22H,3,11-12H2,1-2H3;4-7H,3,8H2,1-2H3;1-5H,6H2;;1H;;;;1H/q;;;;;-1;;;+1;;/b;;;;4-3+;;;;;;/i;;;;;;1D;;;;. The number of benzene rings is 8. The second-order valence-corrected chi connectivity index (χ2v) is 25.3.